The van der Waals surface area contributed by atoms with Crippen LogP contribution in [0.15, 0.2) is 54.6 Å². The zero-order valence-corrected chi connectivity index (χ0v) is 21.5. The van der Waals surface area contributed by atoms with Gasteiger partial charge in [-0.25, -0.2) is 9.18 Å². The van der Waals surface area contributed by atoms with E-state index in [-0.39, 0.29) is 43.1 Å². The standard InChI is InChI=1S/C29H37FN2O5/c1-28-15-14-25(37-27(36)32-21-6-4-3-5-7-21)29(2,18-33)24(28)13-12-23(34)22(28)16-26(35)31-17-19-8-10-20(30)11-9-19/h3-11,22-25,33-34H,12-18H2,1-2H3,(H,31,35)(H,32,36). The van der Waals surface area contributed by atoms with Crippen molar-refractivity contribution in [2.75, 3.05) is 11.9 Å². The van der Waals surface area contributed by atoms with Crippen LogP contribution in [0.1, 0.15) is 51.5 Å². The molecule has 2 saturated carbocycles. The Morgan fingerprint density at radius 3 is 2.43 bits per heavy atom. The number of halogens is 1. The highest BCUT2D eigenvalue weighted by Gasteiger charge is 2.60. The predicted molar refractivity (Wildman–Crippen MR) is 138 cm³/mol. The Labute approximate surface area is 217 Å². The predicted octanol–water partition coefficient (Wildman–Crippen LogP) is 4.64. The molecule has 0 saturated heterocycles. The Balaban J connectivity index is 1.44. The van der Waals surface area contributed by atoms with Crippen molar-refractivity contribution in [2.24, 2.45) is 22.7 Å². The molecule has 37 heavy (non-hydrogen) atoms. The Bertz CT molecular complexity index is 1080. The molecule has 8 heteroatoms. The van der Waals surface area contributed by atoms with E-state index in [0.29, 0.717) is 31.4 Å². The van der Waals surface area contributed by atoms with Crippen LogP contribution in [0.5, 0.6) is 0 Å². The van der Waals surface area contributed by atoms with Gasteiger partial charge < -0.3 is 20.3 Å². The summed E-state index contributed by atoms with van der Waals surface area (Å²) in [5.41, 5.74) is 0.288. The number of benzene rings is 2. The van der Waals surface area contributed by atoms with Crippen LogP contribution in [0.2, 0.25) is 0 Å². The van der Waals surface area contributed by atoms with Crippen LogP contribution in [0.25, 0.3) is 0 Å². The summed E-state index contributed by atoms with van der Waals surface area (Å²) in [6.45, 7) is 4.14. The van der Waals surface area contributed by atoms with Gasteiger partial charge in [-0.2, -0.15) is 0 Å². The first-order valence-electron chi connectivity index (χ1n) is 13.0. The molecule has 200 valence electrons. The van der Waals surface area contributed by atoms with Crippen molar-refractivity contribution >= 4 is 17.7 Å². The number of amides is 2. The van der Waals surface area contributed by atoms with Gasteiger partial charge in [0.15, 0.2) is 0 Å². The maximum Gasteiger partial charge on any atom is 0.411 e. The van der Waals surface area contributed by atoms with Crippen molar-refractivity contribution in [2.45, 2.75) is 64.7 Å². The molecule has 2 aromatic carbocycles. The van der Waals surface area contributed by atoms with Crippen LogP contribution in [-0.4, -0.2) is 41.0 Å². The summed E-state index contributed by atoms with van der Waals surface area (Å²) in [6, 6.07) is 15.0. The van der Waals surface area contributed by atoms with Gasteiger partial charge in [0.1, 0.15) is 11.9 Å². The molecule has 0 bridgehead atoms. The number of rotatable bonds is 7. The van der Waals surface area contributed by atoms with E-state index in [1.165, 1.54) is 12.1 Å². The second kappa shape index (κ2) is 11.2. The van der Waals surface area contributed by atoms with E-state index in [1.807, 2.05) is 25.1 Å². The Morgan fingerprint density at radius 1 is 1.05 bits per heavy atom. The molecule has 2 amide bonds. The molecule has 2 aromatic rings. The summed E-state index contributed by atoms with van der Waals surface area (Å²) >= 11 is 0. The molecule has 0 spiro atoms. The van der Waals surface area contributed by atoms with Gasteiger partial charge in [0.05, 0.1) is 12.7 Å². The highest BCUT2D eigenvalue weighted by molar-refractivity contribution is 5.84. The molecule has 0 aromatic heterocycles. The average Bonchev–Trinajstić information content (AvgIpc) is 2.88. The number of aliphatic hydroxyl groups is 2. The first kappa shape index (κ1) is 27.1. The minimum atomic E-state index is -0.718. The third-order valence-electron chi connectivity index (χ3n) is 8.75. The molecule has 2 aliphatic rings. The van der Waals surface area contributed by atoms with Crippen molar-refractivity contribution in [3.63, 3.8) is 0 Å². The van der Waals surface area contributed by atoms with Gasteiger partial charge in [0, 0.05) is 24.1 Å². The lowest BCUT2D eigenvalue weighted by Crippen LogP contribution is -2.61. The van der Waals surface area contributed by atoms with Gasteiger partial charge in [-0.15, -0.1) is 0 Å². The van der Waals surface area contributed by atoms with Crippen LogP contribution in [0, 0.1) is 28.5 Å². The van der Waals surface area contributed by atoms with Crippen LogP contribution >= 0.6 is 0 Å². The van der Waals surface area contributed by atoms with Gasteiger partial charge in [-0.3, -0.25) is 10.1 Å². The average molecular weight is 513 g/mol. The largest absolute Gasteiger partial charge is 0.445 e. The fraction of sp³-hybridized carbons (Fsp3) is 0.517. The van der Waals surface area contributed by atoms with Gasteiger partial charge in [-0.05, 0) is 72.8 Å². The van der Waals surface area contributed by atoms with Gasteiger partial charge in [0.25, 0.3) is 0 Å². The first-order valence-corrected chi connectivity index (χ1v) is 13.0. The van der Waals surface area contributed by atoms with Crippen molar-refractivity contribution in [3.05, 3.63) is 66.0 Å². The molecule has 4 N–H and O–H groups in total. The normalized spacial score (nSPS) is 31.2. The number of carbonyl (C=O) groups excluding carboxylic acids is 2. The van der Waals surface area contributed by atoms with Crippen molar-refractivity contribution in [1.29, 1.82) is 0 Å². The maximum atomic E-state index is 13.2. The Hall–Kier alpha value is -2.97. The fourth-order valence-corrected chi connectivity index (χ4v) is 6.65. The Kier molecular flexibility index (Phi) is 8.19. The lowest BCUT2D eigenvalue weighted by molar-refractivity contribution is -0.185. The molecule has 0 aliphatic heterocycles. The zero-order valence-electron chi connectivity index (χ0n) is 21.5. The van der Waals surface area contributed by atoms with E-state index in [1.54, 1.807) is 24.3 Å². The summed E-state index contributed by atoms with van der Waals surface area (Å²) in [5.74, 6) is -0.860. The van der Waals surface area contributed by atoms with Crippen molar-refractivity contribution in [1.82, 2.24) is 5.32 Å². The van der Waals surface area contributed by atoms with E-state index < -0.39 is 29.1 Å². The lowest BCUT2D eigenvalue weighted by Gasteiger charge is -2.60. The third kappa shape index (κ3) is 5.80. The van der Waals surface area contributed by atoms with E-state index in [2.05, 4.69) is 17.6 Å². The summed E-state index contributed by atoms with van der Waals surface area (Å²) in [5, 5.41) is 27.2. The highest BCUT2D eigenvalue weighted by Crippen LogP contribution is 2.61. The molecule has 0 heterocycles. The number of ether oxygens (including phenoxy) is 1. The van der Waals surface area contributed by atoms with Crippen molar-refractivity contribution in [3.8, 4) is 0 Å². The molecular weight excluding hydrogens is 475 g/mol. The summed E-state index contributed by atoms with van der Waals surface area (Å²) in [7, 11) is 0. The van der Waals surface area contributed by atoms with Crippen LogP contribution in [0.4, 0.5) is 14.9 Å². The number of carbonyl (C=O) groups is 2. The monoisotopic (exact) mass is 512 g/mol. The third-order valence-corrected chi connectivity index (χ3v) is 8.75. The Morgan fingerprint density at radius 2 is 1.76 bits per heavy atom. The molecule has 4 rings (SSSR count). The summed E-state index contributed by atoms with van der Waals surface area (Å²) in [6.07, 6.45) is 0.804. The van der Waals surface area contributed by atoms with Crippen molar-refractivity contribution < 1.29 is 28.9 Å². The number of nitrogens with one attached hydrogen (secondary N) is 2. The minimum absolute atomic E-state index is 0.0495. The molecular formula is C29H37FN2O5. The molecule has 7 nitrogen and oxygen atoms in total. The van der Waals surface area contributed by atoms with Crippen LogP contribution in [0.3, 0.4) is 0 Å². The van der Waals surface area contributed by atoms with Gasteiger partial charge in [-0.1, -0.05) is 44.2 Å². The van der Waals surface area contributed by atoms with E-state index in [4.69, 9.17) is 4.74 Å². The molecule has 6 unspecified atom stereocenters. The van der Waals surface area contributed by atoms with Crippen LogP contribution < -0.4 is 10.6 Å². The summed E-state index contributed by atoms with van der Waals surface area (Å²) in [4.78, 5) is 25.6. The minimum Gasteiger partial charge on any atom is -0.445 e. The lowest BCUT2D eigenvalue weighted by atomic mass is 9.46. The molecule has 0 radical (unpaired) electrons. The van der Waals surface area contributed by atoms with E-state index in [0.717, 1.165) is 5.56 Å². The number of hydrogen-bond donors (Lipinski definition) is 4. The zero-order chi connectivity index (χ0) is 26.6. The maximum absolute atomic E-state index is 13.2. The highest BCUT2D eigenvalue weighted by atomic mass is 19.1. The van der Waals surface area contributed by atoms with Gasteiger partial charge >= 0.3 is 6.09 Å². The fourth-order valence-electron chi connectivity index (χ4n) is 6.65. The number of anilines is 1. The smallest absolute Gasteiger partial charge is 0.411 e. The van der Waals surface area contributed by atoms with E-state index in [9.17, 15) is 24.2 Å². The summed E-state index contributed by atoms with van der Waals surface area (Å²) < 4.78 is 19.0. The topological polar surface area (TPSA) is 108 Å². The quantitative estimate of drug-likeness (QED) is 0.433. The number of fused-ring (bicyclic) bond motifs is 1. The molecule has 6 atom stereocenters. The number of hydrogen-bond acceptors (Lipinski definition) is 5. The second-order valence-corrected chi connectivity index (χ2v) is 11.0. The number of para-hydroxylation sites is 1. The molecule has 2 fully saturated rings. The van der Waals surface area contributed by atoms with E-state index >= 15 is 0 Å². The SMILES string of the molecule is CC1(CO)C(OC(=O)Nc2ccccc2)CCC2(C)C(CC(=O)NCc3ccc(F)cc3)C(O)CCC12. The number of aliphatic hydroxyl groups excluding tert-OH is 2. The second-order valence-electron chi connectivity index (χ2n) is 11.0. The molecule has 2 aliphatic carbocycles. The first-order chi connectivity index (χ1) is 17.7. The van der Waals surface area contributed by atoms with Gasteiger partial charge in [0.2, 0.25) is 5.91 Å². The van der Waals surface area contributed by atoms with Crippen LogP contribution in [-0.2, 0) is 16.1 Å².